The van der Waals surface area contributed by atoms with E-state index in [2.05, 4.69) is 4.90 Å². The molecule has 0 saturated carbocycles. The Kier molecular flexibility index (Phi) is 3.85. The normalized spacial score (nSPS) is 31.2. The summed E-state index contributed by atoms with van der Waals surface area (Å²) in [6.07, 6.45) is 6.18. The number of rotatable bonds is 2. The molecule has 92 valence electrons. The lowest BCUT2D eigenvalue weighted by Gasteiger charge is -2.43. The van der Waals surface area contributed by atoms with Crippen LogP contribution in [0.5, 0.6) is 0 Å². The maximum atomic E-state index is 11.6. The molecule has 2 aliphatic heterocycles. The van der Waals surface area contributed by atoms with Crippen molar-refractivity contribution in [2.45, 2.75) is 58.1 Å². The van der Waals surface area contributed by atoms with Crippen molar-refractivity contribution in [1.82, 2.24) is 4.90 Å². The Morgan fingerprint density at radius 3 is 2.69 bits per heavy atom. The number of carbonyl (C=O) groups excluding carboxylic acids is 1. The summed E-state index contributed by atoms with van der Waals surface area (Å²) < 4.78 is 5.64. The Bertz CT molecular complexity index is 250. The first-order chi connectivity index (χ1) is 7.68. The van der Waals surface area contributed by atoms with Gasteiger partial charge in [-0.05, 0) is 38.8 Å². The molecule has 0 N–H and O–H groups in total. The minimum atomic E-state index is -0.0302. The number of fused-ring (bicyclic) bond motifs is 1. The van der Waals surface area contributed by atoms with Gasteiger partial charge < -0.3 is 4.74 Å². The van der Waals surface area contributed by atoms with Crippen LogP contribution >= 0.6 is 0 Å². The van der Waals surface area contributed by atoms with Gasteiger partial charge in [0.1, 0.15) is 6.10 Å². The van der Waals surface area contributed by atoms with Crippen molar-refractivity contribution in [2.24, 2.45) is 5.92 Å². The molecule has 16 heavy (non-hydrogen) atoms. The number of nitrogens with zero attached hydrogens (tertiary/aromatic N) is 1. The van der Waals surface area contributed by atoms with Gasteiger partial charge in [0.15, 0.2) is 0 Å². The minimum absolute atomic E-state index is 0.000956. The number of hydrogen-bond donors (Lipinski definition) is 0. The van der Waals surface area contributed by atoms with E-state index in [9.17, 15) is 4.79 Å². The Hall–Kier alpha value is -0.570. The molecule has 0 aliphatic carbocycles. The zero-order chi connectivity index (χ0) is 11.5. The predicted molar refractivity (Wildman–Crippen MR) is 63.2 cm³/mol. The molecule has 3 heteroatoms. The van der Waals surface area contributed by atoms with E-state index >= 15 is 0 Å². The Morgan fingerprint density at radius 1 is 1.19 bits per heavy atom. The number of esters is 1. The van der Waals surface area contributed by atoms with Crippen molar-refractivity contribution < 1.29 is 9.53 Å². The molecule has 2 rings (SSSR count). The second-order valence-electron chi connectivity index (χ2n) is 5.37. The van der Waals surface area contributed by atoms with Crippen LogP contribution < -0.4 is 0 Å². The fraction of sp³-hybridized carbons (Fsp3) is 0.923. The van der Waals surface area contributed by atoms with Crippen LogP contribution in [0.3, 0.4) is 0 Å². The lowest BCUT2D eigenvalue weighted by molar-refractivity contribution is -0.160. The van der Waals surface area contributed by atoms with Gasteiger partial charge in [-0.3, -0.25) is 9.69 Å². The Balaban J connectivity index is 1.94. The summed E-state index contributed by atoms with van der Waals surface area (Å²) in [5.41, 5.74) is 0. The van der Waals surface area contributed by atoms with Crippen LogP contribution in [0.4, 0.5) is 0 Å². The van der Waals surface area contributed by atoms with Crippen LogP contribution in [-0.4, -0.2) is 36.1 Å². The van der Waals surface area contributed by atoms with Gasteiger partial charge in [-0.2, -0.15) is 0 Å². The van der Waals surface area contributed by atoms with Crippen LogP contribution in [0.25, 0.3) is 0 Å². The first kappa shape index (κ1) is 11.9. The van der Waals surface area contributed by atoms with Gasteiger partial charge in [0.05, 0.1) is 5.92 Å². The molecule has 3 nitrogen and oxygen atoms in total. The molecular weight excluding hydrogens is 202 g/mol. The average Bonchev–Trinajstić information content (AvgIpc) is 2.29. The summed E-state index contributed by atoms with van der Waals surface area (Å²) in [6, 6.07) is 0.505. The third kappa shape index (κ3) is 2.57. The zero-order valence-corrected chi connectivity index (χ0v) is 10.4. The minimum Gasteiger partial charge on any atom is -0.461 e. The molecule has 0 aromatic carbocycles. The zero-order valence-electron chi connectivity index (χ0n) is 10.4. The van der Waals surface area contributed by atoms with E-state index in [-0.39, 0.29) is 18.0 Å². The van der Waals surface area contributed by atoms with E-state index in [0.29, 0.717) is 6.04 Å². The fourth-order valence-electron chi connectivity index (χ4n) is 2.83. The predicted octanol–water partition coefficient (Wildman–Crippen LogP) is 2.20. The smallest absolute Gasteiger partial charge is 0.308 e. The largest absolute Gasteiger partial charge is 0.461 e. The molecule has 2 fully saturated rings. The number of ether oxygens (including phenoxy) is 1. The molecule has 0 amide bonds. The highest BCUT2D eigenvalue weighted by atomic mass is 16.5. The first-order valence-corrected chi connectivity index (χ1v) is 6.63. The van der Waals surface area contributed by atoms with Crippen LogP contribution in [0.2, 0.25) is 0 Å². The monoisotopic (exact) mass is 225 g/mol. The van der Waals surface area contributed by atoms with Crippen molar-refractivity contribution in [2.75, 3.05) is 13.1 Å². The van der Waals surface area contributed by atoms with Gasteiger partial charge in [0.25, 0.3) is 0 Å². The molecule has 0 spiro atoms. The number of carbonyl (C=O) groups is 1. The third-order valence-electron chi connectivity index (χ3n) is 3.77. The van der Waals surface area contributed by atoms with E-state index in [1.165, 1.54) is 38.8 Å². The maximum absolute atomic E-state index is 11.6. The summed E-state index contributed by atoms with van der Waals surface area (Å²) >= 11 is 0. The number of hydrogen-bond acceptors (Lipinski definition) is 3. The highest BCUT2D eigenvalue weighted by molar-refractivity contribution is 5.71. The van der Waals surface area contributed by atoms with E-state index in [0.717, 1.165) is 6.42 Å². The first-order valence-electron chi connectivity index (χ1n) is 6.63. The number of piperidine rings is 2. The lowest BCUT2D eigenvalue weighted by Crippen LogP contribution is -2.52. The highest BCUT2D eigenvalue weighted by Crippen LogP contribution is 2.28. The second kappa shape index (κ2) is 5.17. The third-order valence-corrected chi connectivity index (χ3v) is 3.77. The average molecular weight is 225 g/mol. The van der Waals surface area contributed by atoms with Crippen molar-refractivity contribution in [3.8, 4) is 0 Å². The van der Waals surface area contributed by atoms with Crippen molar-refractivity contribution in [1.29, 1.82) is 0 Å². The summed E-state index contributed by atoms with van der Waals surface area (Å²) in [5, 5.41) is 0. The molecule has 0 aromatic heterocycles. The molecule has 2 aliphatic rings. The summed E-state index contributed by atoms with van der Waals surface area (Å²) in [4.78, 5) is 14.2. The highest BCUT2D eigenvalue weighted by Gasteiger charge is 2.35. The molecule has 2 atom stereocenters. The Labute approximate surface area is 98.1 Å². The van der Waals surface area contributed by atoms with E-state index in [4.69, 9.17) is 4.74 Å². The van der Waals surface area contributed by atoms with Crippen molar-refractivity contribution in [3.05, 3.63) is 0 Å². The van der Waals surface area contributed by atoms with Crippen LogP contribution in [0.15, 0.2) is 0 Å². The van der Waals surface area contributed by atoms with Gasteiger partial charge >= 0.3 is 5.97 Å². The molecule has 0 aromatic rings. The SMILES string of the molecule is CC(C)C(=O)O[C@@H]1CCCN2CCCC[C@H]12. The van der Waals surface area contributed by atoms with Gasteiger partial charge in [0.2, 0.25) is 0 Å². The van der Waals surface area contributed by atoms with Gasteiger partial charge in [-0.1, -0.05) is 20.3 Å². The molecule has 2 saturated heterocycles. The fourth-order valence-corrected chi connectivity index (χ4v) is 2.83. The lowest BCUT2D eigenvalue weighted by atomic mass is 9.90. The Morgan fingerprint density at radius 2 is 1.94 bits per heavy atom. The summed E-state index contributed by atoms with van der Waals surface area (Å²) in [5.74, 6) is -0.0311. The standard InChI is InChI=1S/C13H23NO2/c1-10(2)13(15)16-12-7-5-9-14-8-4-3-6-11(12)14/h10-12H,3-9H2,1-2H3/t11-,12-/m1/s1. The van der Waals surface area contributed by atoms with Crippen molar-refractivity contribution in [3.63, 3.8) is 0 Å². The summed E-state index contributed by atoms with van der Waals surface area (Å²) in [7, 11) is 0. The molecule has 0 unspecified atom stereocenters. The topological polar surface area (TPSA) is 29.5 Å². The van der Waals surface area contributed by atoms with Crippen LogP contribution in [0.1, 0.15) is 46.0 Å². The van der Waals surface area contributed by atoms with E-state index < -0.39 is 0 Å². The van der Waals surface area contributed by atoms with E-state index in [1.54, 1.807) is 0 Å². The molecule has 2 heterocycles. The maximum Gasteiger partial charge on any atom is 0.308 e. The van der Waals surface area contributed by atoms with Gasteiger partial charge in [-0.15, -0.1) is 0 Å². The van der Waals surface area contributed by atoms with Crippen LogP contribution in [0, 0.1) is 5.92 Å². The van der Waals surface area contributed by atoms with Crippen molar-refractivity contribution >= 4 is 5.97 Å². The second-order valence-corrected chi connectivity index (χ2v) is 5.37. The quantitative estimate of drug-likeness (QED) is 0.675. The molecular formula is C13H23NO2. The molecule has 0 bridgehead atoms. The van der Waals surface area contributed by atoms with Crippen LogP contribution in [-0.2, 0) is 9.53 Å². The molecule has 0 radical (unpaired) electrons. The van der Waals surface area contributed by atoms with Gasteiger partial charge in [-0.25, -0.2) is 0 Å². The van der Waals surface area contributed by atoms with E-state index in [1.807, 2.05) is 13.8 Å². The summed E-state index contributed by atoms with van der Waals surface area (Å²) in [6.45, 7) is 6.20. The van der Waals surface area contributed by atoms with Gasteiger partial charge in [0, 0.05) is 6.04 Å².